The van der Waals surface area contributed by atoms with Crippen LogP contribution in [0.5, 0.6) is 0 Å². The molecule has 0 aliphatic carbocycles. The van der Waals surface area contributed by atoms with Crippen LogP contribution in [0, 0.1) is 0 Å². The van der Waals surface area contributed by atoms with Crippen molar-refractivity contribution in [1.29, 1.82) is 0 Å². The molecule has 1 aliphatic heterocycles. The number of aromatic nitrogens is 4. The second kappa shape index (κ2) is 5.30. The molecule has 3 aromatic rings. The molecular formula is C16H20N5O+. The zero-order valence-electron chi connectivity index (χ0n) is 12.9. The fourth-order valence-electron chi connectivity index (χ4n) is 3.40. The van der Waals surface area contributed by atoms with Crippen LogP contribution in [0.3, 0.4) is 0 Å². The van der Waals surface area contributed by atoms with E-state index in [1.54, 1.807) is 0 Å². The number of rotatable bonds is 2. The Bertz CT molecular complexity index is 805. The third-order valence-electron chi connectivity index (χ3n) is 4.25. The van der Waals surface area contributed by atoms with Gasteiger partial charge in [0.05, 0.1) is 5.52 Å². The predicted molar refractivity (Wildman–Crippen MR) is 82.7 cm³/mol. The van der Waals surface area contributed by atoms with Gasteiger partial charge < -0.3 is 9.64 Å². The fraction of sp³-hybridized carbons (Fsp3) is 0.438. The topological polar surface area (TPSA) is 56.8 Å². The van der Waals surface area contributed by atoms with Gasteiger partial charge in [-0.2, -0.15) is 0 Å². The number of benzene rings is 1. The first kappa shape index (κ1) is 13.6. The normalized spacial score (nSPS) is 25.8. The Balaban J connectivity index is 1.69. The first-order valence-corrected chi connectivity index (χ1v) is 7.77. The van der Waals surface area contributed by atoms with Crippen molar-refractivity contribution in [1.82, 2.24) is 19.6 Å². The molecule has 0 saturated carbocycles. The average molecular weight is 298 g/mol. The molecule has 0 amide bonds. The van der Waals surface area contributed by atoms with E-state index >= 15 is 0 Å². The van der Waals surface area contributed by atoms with Gasteiger partial charge in [-0.15, -0.1) is 10.2 Å². The molecule has 1 aliphatic rings. The second-order valence-electron chi connectivity index (χ2n) is 6.16. The summed E-state index contributed by atoms with van der Waals surface area (Å²) < 4.78 is 7.82. The van der Waals surface area contributed by atoms with Gasteiger partial charge in [0.15, 0.2) is 11.5 Å². The van der Waals surface area contributed by atoms with E-state index < -0.39 is 0 Å². The number of nitrogens with zero attached hydrogens (tertiary/aromatic N) is 4. The maximum Gasteiger partial charge on any atom is 0.193 e. The van der Waals surface area contributed by atoms with E-state index in [9.17, 15) is 0 Å². The lowest BCUT2D eigenvalue weighted by atomic mass is 10.2. The van der Waals surface area contributed by atoms with Crippen molar-refractivity contribution < 1.29 is 9.64 Å². The van der Waals surface area contributed by atoms with E-state index in [0.717, 1.165) is 42.0 Å². The minimum Gasteiger partial charge on any atom is -0.364 e. The maximum atomic E-state index is 5.80. The summed E-state index contributed by atoms with van der Waals surface area (Å²) in [6.07, 6.45) is 2.41. The van der Waals surface area contributed by atoms with E-state index in [0.29, 0.717) is 0 Å². The monoisotopic (exact) mass is 298 g/mol. The molecule has 0 bridgehead atoms. The van der Waals surface area contributed by atoms with Gasteiger partial charge in [-0.05, 0) is 26.0 Å². The van der Waals surface area contributed by atoms with Crippen molar-refractivity contribution >= 4 is 16.6 Å². The summed E-state index contributed by atoms with van der Waals surface area (Å²) in [4.78, 5) is 5.99. The Morgan fingerprint density at radius 1 is 1.18 bits per heavy atom. The SMILES string of the molecule is C[C@H]1C[NH+](Cc2nnc3c4ccccc4ncn23)C[C@H](C)O1. The first-order valence-electron chi connectivity index (χ1n) is 7.77. The van der Waals surface area contributed by atoms with Gasteiger partial charge in [-0.3, -0.25) is 4.40 Å². The molecular weight excluding hydrogens is 278 g/mol. The number of fused-ring (bicyclic) bond motifs is 3. The molecule has 2 aromatic heterocycles. The highest BCUT2D eigenvalue weighted by Gasteiger charge is 2.27. The van der Waals surface area contributed by atoms with Crippen LogP contribution in [0.25, 0.3) is 16.6 Å². The summed E-state index contributed by atoms with van der Waals surface area (Å²) in [6, 6.07) is 8.04. The highest BCUT2D eigenvalue weighted by molar-refractivity contribution is 5.90. The highest BCUT2D eigenvalue weighted by atomic mass is 16.5. The van der Waals surface area contributed by atoms with E-state index in [1.807, 2.05) is 35.0 Å². The smallest absolute Gasteiger partial charge is 0.193 e. The number of hydrogen-bond donors (Lipinski definition) is 1. The molecule has 1 fully saturated rings. The van der Waals surface area contributed by atoms with Crippen LogP contribution >= 0.6 is 0 Å². The summed E-state index contributed by atoms with van der Waals surface area (Å²) in [5.41, 5.74) is 1.84. The fourth-order valence-corrected chi connectivity index (χ4v) is 3.40. The van der Waals surface area contributed by atoms with Crippen molar-refractivity contribution in [2.75, 3.05) is 13.1 Å². The minimum atomic E-state index is 0.289. The molecule has 0 spiro atoms. The van der Waals surface area contributed by atoms with Crippen molar-refractivity contribution in [3.8, 4) is 0 Å². The van der Waals surface area contributed by atoms with Crippen LogP contribution in [0.2, 0.25) is 0 Å². The molecule has 6 heteroatoms. The average Bonchev–Trinajstić information content (AvgIpc) is 2.90. The summed E-state index contributed by atoms with van der Waals surface area (Å²) >= 11 is 0. The number of para-hydroxylation sites is 1. The van der Waals surface area contributed by atoms with Gasteiger partial charge in [-0.25, -0.2) is 4.98 Å². The molecule has 0 radical (unpaired) electrons. The lowest BCUT2D eigenvalue weighted by molar-refractivity contribution is -0.929. The molecule has 4 rings (SSSR count). The number of ether oxygens (including phenoxy) is 1. The summed E-state index contributed by atoms with van der Waals surface area (Å²) in [6.45, 7) is 7.11. The van der Waals surface area contributed by atoms with Crippen molar-refractivity contribution in [3.05, 3.63) is 36.4 Å². The lowest BCUT2D eigenvalue weighted by Gasteiger charge is -2.31. The first-order chi connectivity index (χ1) is 10.7. The molecule has 1 saturated heterocycles. The molecule has 3 heterocycles. The van der Waals surface area contributed by atoms with Crippen LogP contribution in [-0.4, -0.2) is 44.9 Å². The molecule has 6 nitrogen and oxygen atoms in total. The van der Waals surface area contributed by atoms with Gasteiger partial charge in [0.1, 0.15) is 38.2 Å². The Morgan fingerprint density at radius 3 is 2.77 bits per heavy atom. The molecule has 114 valence electrons. The van der Waals surface area contributed by atoms with E-state index in [-0.39, 0.29) is 12.2 Å². The van der Waals surface area contributed by atoms with Gasteiger partial charge in [0.25, 0.3) is 0 Å². The molecule has 1 N–H and O–H groups in total. The summed E-state index contributed by atoms with van der Waals surface area (Å²) in [7, 11) is 0. The largest absolute Gasteiger partial charge is 0.364 e. The summed E-state index contributed by atoms with van der Waals surface area (Å²) in [5.74, 6) is 0.963. The van der Waals surface area contributed by atoms with E-state index in [4.69, 9.17) is 4.74 Å². The standard InChI is InChI=1S/C16H19N5O/c1-11-7-20(8-12(2)22-11)9-15-18-19-16-13-5-3-4-6-14(13)17-10-21(15)16/h3-6,10-12H,7-9H2,1-2H3/p+1/t11-,12-/m0/s1. The van der Waals surface area contributed by atoms with Crippen LogP contribution in [-0.2, 0) is 11.3 Å². The van der Waals surface area contributed by atoms with Gasteiger partial charge in [-0.1, -0.05) is 12.1 Å². The summed E-state index contributed by atoms with van der Waals surface area (Å²) in [5, 5.41) is 9.82. The minimum absolute atomic E-state index is 0.289. The Hall–Kier alpha value is -2.05. The van der Waals surface area contributed by atoms with Crippen LogP contribution in [0.1, 0.15) is 19.7 Å². The Labute approximate surface area is 128 Å². The molecule has 1 aromatic carbocycles. The van der Waals surface area contributed by atoms with E-state index in [1.165, 1.54) is 4.90 Å². The lowest BCUT2D eigenvalue weighted by Crippen LogP contribution is -3.14. The molecule has 2 atom stereocenters. The second-order valence-corrected chi connectivity index (χ2v) is 6.16. The van der Waals surface area contributed by atoms with Crippen molar-refractivity contribution in [2.45, 2.75) is 32.6 Å². The molecule has 0 unspecified atom stereocenters. The quantitative estimate of drug-likeness (QED) is 0.747. The zero-order chi connectivity index (χ0) is 15.1. The van der Waals surface area contributed by atoms with Crippen molar-refractivity contribution in [2.24, 2.45) is 0 Å². The third-order valence-corrected chi connectivity index (χ3v) is 4.25. The van der Waals surface area contributed by atoms with Gasteiger partial charge in [0.2, 0.25) is 0 Å². The van der Waals surface area contributed by atoms with Crippen LogP contribution in [0.15, 0.2) is 30.6 Å². The zero-order valence-corrected chi connectivity index (χ0v) is 12.9. The number of hydrogen-bond acceptors (Lipinski definition) is 4. The maximum absolute atomic E-state index is 5.80. The van der Waals surface area contributed by atoms with Gasteiger partial charge >= 0.3 is 0 Å². The highest BCUT2D eigenvalue weighted by Crippen LogP contribution is 2.16. The molecule has 22 heavy (non-hydrogen) atoms. The number of morpholine rings is 1. The number of quaternary nitrogens is 1. The third kappa shape index (κ3) is 2.34. The number of nitrogens with one attached hydrogen (secondary N) is 1. The van der Waals surface area contributed by atoms with E-state index in [2.05, 4.69) is 29.0 Å². The van der Waals surface area contributed by atoms with Crippen LogP contribution < -0.4 is 4.90 Å². The van der Waals surface area contributed by atoms with Crippen molar-refractivity contribution in [3.63, 3.8) is 0 Å². The Morgan fingerprint density at radius 2 is 1.95 bits per heavy atom. The predicted octanol–water partition coefficient (Wildman–Crippen LogP) is 0.470. The van der Waals surface area contributed by atoms with Gasteiger partial charge in [0, 0.05) is 5.39 Å². The van der Waals surface area contributed by atoms with Crippen LogP contribution in [0.4, 0.5) is 0 Å². The Kier molecular flexibility index (Phi) is 3.28.